The fourth-order valence-electron chi connectivity index (χ4n) is 6.27. The molecular weight excluding hydrogens is 522 g/mol. The predicted molar refractivity (Wildman–Crippen MR) is 164 cm³/mol. The molecule has 4 heterocycles. The Balaban J connectivity index is 1.23. The normalized spacial score (nSPS) is 18.6. The molecule has 1 aliphatic carbocycles. The molecule has 8 rings (SSSR count). The number of para-hydroxylation sites is 2. The summed E-state index contributed by atoms with van der Waals surface area (Å²) in [6.07, 6.45) is 5.20. The largest absolute Gasteiger partial charge is 0.439 e. The average Bonchev–Trinajstić information content (AvgIpc) is 3.35. The molecule has 0 spiro atoms. The number of anilines is 1. The Morgan fingerprint density at radius 3 is 2.48 bits per heavy atom. The van der Waals surface area contributed by atoms with Crippen LogP contribution in [-0.2, 0) is 0 Å². The molecule has 1 aliphatic heterocycles. The Morgan fingerprint density at radius 1 is 0.857 bits per heavy atom. The van der Waals surface area contributed by atoms with Gasteiger partial charge in [0.05, 0.1) is 5.52 Å². The van der Waals surface area contributed by atoms with Crippen LogP contribution in [0.3, 0.4) is 0 Å². The van der Waals surface area contributed by atoms with Crippen molar-refractivity contribution in [1.29, 1.82) is 0 Å². The summed E-state index contributed by atoms with van der Waals surface area (Å²) >= 11 is 0. The molecule has 0 unspecified atom stereocenters. The quantitative estimate of drug-likeness (QED) is 0.223. The van der Waals surface area contributed by atoms with Crippen LogP contribution in [0.1, 0.15) is 31.0 Å². The smallest absolute Gasteiger partial charge is 0.219 e. The second-order valence-corrected chi connectivity index (χ2v) is 11.4. The molecule has 1 saturated carbocycles. The maximum Gasteiger partial charge on any atom is 0.219 e. The number of nitrogen functional groups attached to an aromatic ring is 1. The maximum atomic E-state index is 6.46. The molecule has 42 heavy (non-hydrogen) atoms. The zero-order valence-electron chi connectivity index (χ0n) is 23.2. The van der Waals surface area contributed by atoms with Gasteiger partial charge in [-0.25, -0.2) is 19.5 Å². The van der Waals surface area contributed by atoms with Crippen molar-refractivity contribution < 1.29 is 4.74 Å². The molecule has 3 aromatic carbocycles. The summed E-state index contributed by atoms with van der Waals surface area (Å²) in [5.74, 6) is 3.36. The monoisotopic (exact) mass is 553 g/mol. The molecule has 8 nitrogen and oxygen atoms in total. The Bertz CT molecular complexity index is 1910. The number of nitrogens with zero attached hydrogens (tertiary/aromatic N) is 6. The Kier molecular flexibility index (Phi) is 6.07. The van der Waals surface area contributed by atoms with Gasteiger partial charge < -0.3 is 15.4 Å². The third kappa shape index (κ3) is 4.44. The number of hydrogen-bond acceptors (Lipinski definition) is 7. The highest BCUT2D eigenvalue weighted by Gasteiger charge is 2.36. The van der Waals surface area contributed by atoms with Gasteiger partial charge in [-0.2, -0.15) is 5.10 Å². The summed E-state index contributed by atoms with van der Waals surface area (Å²) in [4.78, 5) is 17.4. The van der Waals surface area contributed by atoms with Crippen LogP contribution in [0.5, 0.6) is 11.6 Å². The van der Waals surface area contributed by atoms with Gasteiger partial charge in [0.2, 0.25) is 5.88 Å². The van der Waals surface area contributed by atoms with Gasteiger partial charge in [-0.1, -0.05) is 48.5 Å². The van der Waals surface area contributed by atoms with Crippen molar-refractivity contribution >= 4 is 22.1 Å². The number of rotatable bonds is 7. The van der Waals surface area contributed by atoms with Gasteiger partial charge in [0, 0.05) is 40.7 Å². The second-order valence-electron chi connectivity index (χ2n) is 11.4. The maximum absolute atomic E-state index is 6.46. The lowest BCUT2D eigenvalue weighted by atomic mass is 9.74. The van der Waals surface area contributed by atoms with Crippen LogP contribution >= 0.6 is 0 Å². The van der Waals surface area contributed by atoms with Gasteiger partial charge in [0.25, 0.3) is 0 Å². The van der Waals surface area contributed by atoms with E-state index in [9.17, 15) is 0 Å². The van der Waals surface area contributed by atoms with Crippen molar-refractivity contribution in [2.45, 2.75) is 25.2 Å². The highest BCUT2D eigenvalue weighted by Crippen LogP contribution is 2.44. The number of aromatic nitrogens is 5. The molecule has 2 aliphatic rings. The first-order valence-corrected chi connectivity index (χ1v) is 14.6. The van der Waals surface area contributed by atoms with Crippen molar-refractivity contribution in [1.82, 2.24) is 29.5 Å². The van der Waals surface area contributed by atoms with Crippen LogP contribution < -0.4 is 10.5 Å². The molecule has 0 amide bonds. The van der Waals surface area contributed by atoms with Crippen molar-refractivity contribution in [3.8, 4) is 34.1 Å². The summed E-state index contributed by atoms with van der Waals surface area (Å²) in [5, 5.41) is 5.77. The van der Waals surface area contributed by atoms with E-state index in [1.165, 1.54) is 26.1 Å². The van der Waals surface area contributed by atoms with Gasteiger partial charge in [0.1, 0.15) is 34.8 Å². The van der Waals surface area contributed by atoms with Gasteiger partial charge in [-0.05, 0) is 68.6 Å². The standard InChI is InChI=1S/C34H31N7O/c35-28-10-5-4-9-27(28)32-33-31(39-34(41(33)37-21-36-32)25-17-22(18-25)20-40-15-6-16-40)24-12-11-23-13-14-30(38-29(23)19-24)42-26-7-2-1-3-8-26/h1-5,7-14,19,21-22,25H,6,15-18,20,35H2. The minimum Gasteiger partial charge on any atom is -0.439 e. The second kappa shape index (κ2) is 10.2. The number of ether oxygens (including phenoxy) is 1. The highest BCUT2D eigenvalue weighted by molar-refractivity contribution is 5.94. The molecule has 0 radical (unpaired) electrons. The molecular formula is C34H31N7O. The predicted octanol–water partition coefficient (Wildman–Crippen LogP) is 6.58. The van der Waals surface area contributed by atoms with Gasteiger partial charge >= 0.3 is 0 Å². The van der Waals surface area contributed by atoms with E-state index in [-0.39, 0.29) is 0 Å². The number of hydrogen-bond donors (Lipinski definition) is 1. The summed E-state index contributed by atoms with van der Waals surface area (Å²) in [6.45, 7) is 3.67. The summed E-state index contributed by atoms with van der Waals surface area (Å²) in [6, 6.07) is 27.8. The summed E-state index contributed by atoms with van der Waals surface area (Å²) in [7, 11) is 0. The molecule has 0 atom stereocenters. The fourth-order valence-corrected chi connectivity index (χ4v) is 6.27. The van der Waals surface area contributed by atoms with Gasteiger partial charge in [0.15, 0.2) is 0 Å². The summed E-state index contributed by atoms with van der Waals surface area (Å²) < 4.78 is 8.03. The van der Waals surface area contributed by atoms with Crippen molar-refractivity contribution in [2.75, 3.05) is 25.4 Å². The van der Waals surface area contributed by atoms with E-state index < -0.39 is 0 Å². The van der Waals surface area contributed by atoms with E-state index in [0.717, 1.165) is 63.3 Å². The van der Waals surface area contributed by atoms with E-state index in [1.54, 1.807) is 6.33 Å². The molecule has 2 fully saturated rings. The van der Waals surface area contributed by atoms with Crippen LogP contribution in [0.4, 0.5) is 5.69 Å². The first-order chi connectivity index (χ1) is 20.7. The number of fused-ring (bicyclic) bond motifs is 2. The number of imidazole rings is 1. The van der Waals surface area contributed by atoms with E-state index in [0.29, 0.717) is 23.4 Å². The lowest BCUT2D eigenvalue weighted by Crippen LogP contribution is -2.43. The SMILES string of the molecule is Nc1ccccc1-c1ncnn2c(C3CC(CN4CCC4)C3)nc(-c3ccc4ccc(Oc5ccccc5)nc4c3)c12. The van der Waals surface area contributed by atoms with Crippen LogP contribution in [0, 0.1) is 5.92 Å². The Hall–Kier alpha value is -4.82. The molecule has 8 heteroatoms. The lowest BCUT2D eigenvalue weighted by Gasteiger charge is -2.41. The van der Waals surface area contributed by atoms with E-state index >= 15 is 0 Å². The van der Waals surface area contributed by atoms with Gasteiger partial charge in [-0.15, -0.1) is 0 Å². The van der Waals surface area contributed by atoms with Gasteiger partial charge in [-0.3, -0.25) is 0 Å². The Morgan fingerprint density at radius 2 is 1.67 bits per heavy atom. The Labute approximate surface area is 243 Å². The molecule has 6 aromatic rings. The van der Waals surface area contributed by atoms with Crippen molar-refractivity contribution in [3.05, 3.63) is 97.1 Å². The first kappa shape index (κ1) is 24.9. The summed E-state index contributed by atoms with van der Waals surface area (Å²) in [5.41, 5.74) is 12.3. The van der Waals surface area contributed by atoms with Crippen LogP contribution in [-0.4, -0.2) is 49.1 Å². The molecule has 0 bridgehead atoms. The van der Waals surface area contributed by atoms with E-state index in [2.05, 4.69) is 23.1 Å². The zero-order chi connectivity index (χ0) is 28.0. The number of likely N-dealkylation sites (tertiary alicyclic amines) is 1. The molecule has 1 saturated heterocycles. The first-order valence-electron chi connectivity index (χ1n) is 14.6. The minimum absolute atomic E-state index is 0.359. The number of benzene rings is 3. The molecule has 3 aromatic heterocycles. The average molecular weight is 554 g/mol. The lowest BCUT2D eigenvalue weighted by molar-refractivity contribution is 0.107. The minimum atomic E-state index is 0.359. The van der Waals surface area contributed by atoms with E-state index in [4.69, 9.17) is 30.5 Å². The number of pyridine rings is 1. The highest BCUT2D eigenvalue weighted by atomic mass is 16.5. The van der Waals surface area contributed by atoms with E-state index in [1.807, 2.05) is 71.2 Å². The van der Waals surface area contributed by atoms with Crippen LogP contribution in [0.2, 0.25) is 0 Å². The topological polar surface area (TPSA) is 94.5 Å². The van der Waals surface area contributed by atoms with Crippen LogP contribution in [0.25, 0.3) is 38.9 Å². The van der Waals surface area contributed by atoms with Crippen LogP contribution in [0.15, 0.2) is 91.3 Å². The third-order valence-electron chi connectivity index (χ3n) is 8.65. The van der Waals surface area contributed by atoms with Crippen molar-refractivity contribution in [2.24, 2.45) is 5.92 Å². The molecule has 2 N–H and O–H groups in total. The number of nitrogens with two attached hydrogens (primary N) is 1. The zero-order valence-corrected chi connectivity index (χ0v) is 23.2. The third-order valence-corrected chi connectivity index (χ3v) is 8.65. The molecule has 208 valence electrons. The van der Waals surface area contributed by atoms with Crippen molar-refractivity contribution in [3.63, 3.8) is 0 Å². The fraction of sp³-hybridized carbons (Fsp3) is 0.235.